The van der Waals surface area contributed by atoms with Crippen molar-refractivity contribution in [1.29, 1.82) is 0 Å². The molecule has 0 aliphatic rings. The number of ether oxygens (including phenoxy) is 1. The van der Waals surface area contributed by atoms with E-state index >= 15 is 0 Å². The molecule has 0 saturated heterocycles. The van der Waals surface area contributed by atoms with Gasteiger partial charge in [-0.15, -0.1) is 0 Å². The molecule has 0 saturated carbocycles. The highest BCUT2D eigenvalue weighted by Crippen LogP contribution is 2.25. The van der Waals surface area contributed by atoms with Gasteiger partial charge in [0.2, 0.25) is 0 Å². The molecule has 0 aliphatic carbocycles. The van der Waals surface area contributed by atoms with Crippen molar-refractivity contribution in [2.75, 3.05) is 37.2 Å². The van der Waals surface area contributed by atoms with E-state index in [0.29, 0.717) is 22.7 Å². The van der Waals surface area contributed by atoms with Crippen LogP contribution >= 0.6 is 0 Å². The van der Waals surface area contributed by atoms with Crippen molar-refractivity contribution in [2.24, 2.45) is 0 Å². The van der Waals surface area contributed by atoms with E-state index in [1.165, 1.54) is 7.11 Å². The topological polar surface area (TPSA) is 67.6 Å². The van der Waals surface area contributed by atoms with Gasteiger partial charge in [-0.3, -0.25) is 4.79 Å². The van der Waals surface area contributed by atoms with Gasteiger partial charge in [-0.1, -0.05) is 6.07 Å². The number of methoxy groups -OCH3 is 1. The maximum atomic E-state index is 12.3. The zero-order chi connectivity index (χ0) is 15.4. The Bertz CT molecular complexity index is 636. The number of nitrogens with two attached hydrogens (primary N) is 1. The maximum absolute atomic E-state index is 12.3. The molecular formula is C16H19N3O2. The minimum Gasteiger partial charge on any atom is -0.495 e. The molecule has 1 amide bonds. The van der Waals surface area contributed by atoms with E-state index in [1.807, 2.05) is 43.3 Å². The lowest BCUT2D eigenvalue weighted by Gasteiger charge is -2.13. The number of hydrogen-bond acceptors (Lipinski definition) is 4. The summed E-state index contributed by atoms with van der Waals surface area (Å²) in [6, 6.07) is 12.7. The predicted octanol–water partition coefficient (Wildman–Crippen LogP) is 2.60. The summed E-state index contributed by atoms with van der Waals surface area (Å²) in [5, 5.41) is 2.82. The number of nitrogen functional groups attached to an aromatic ring is 1. The summed E-state index contributed by atoms with van der Waals surface area (Å²) in [6.07, 6.45) is 0. The number of carbonyl (C=O) groups is 1. The molecule has 0 bridgehead atoms. The van der Waals surface area contributed by atoms with Crippen LogP contribution in [0.5, 0.6) is 5.75 Å². The third-order valence-electron chi connectivity index (χ3n) is 3.17. The Morgan fingerprint density at radius 1 is 1.14 bits per heavy atom. The molecule has 0 aromatic heterocycles. The molecule has 0 aliphatic heterocycles. The first-order valence-electron chi connectivity index (χ1n) is 6.54. The summed E-state index contributed by atoms with van der Waals surface area (Å²) in [5.74, 6) is 0.231. The second-order valence-corrected chi connectivity index (χ2v) is 4.82. The van der Waals surface area contributed by atoms with E-state index in [9.17, 15) is 4.79 Å². The summed E-state index contributed by atoms with van der Waals surface area (Å²) in [7, 11) is 5.45. The summed E-state index contributed by atoms with van der Waals surface area (Å²) < 4.78 is 5.12. The molecule has 2 aromatic rings. The maximum Gasteiger partial charge on any atom is 0.257 e. The fourth-order valence-electron chi connectivity index (χ4n) is 1.96. The van der Waals surface area contributed by atoms with Crippen molar-refractivity contribution < 1.29 is 9.53 Å². The summed E-state index contributed by atoms with van der Waals surface area (Å²) in [5.41, 5.74) is 8.43. The van der Waals surface area contributed by atoms with Crippen molar-refractivity contribution in [1.82, 2.24) is 0 Å². The Labute approximate surface area is 124 Å². The molecule has 0 atom stereocenters. The third-order valence-corrected chi connectivity index (χ3v) is 3.17. The van der Waals surface area contributed by atoms with Gasteiger partial charge in [0.1, 0.15) is 5.75 Å². The van der Waals surface area contributed by atoms with Gasteiger partial charge in [-0.25, -0.2) is 0 Å². The molecule has 0 spiro atoms. The number of nitrogens with zero attached hydrogens (tertiary/aromatic N) is 1. The average Bonchev–Trinajstić information content (AvgIpc) is 2.48. The second kappa shape index (κ2) is 6.17. The van der Waals surface area contributed by atoms with Crippen LogP contribution in [-0.2, 0) is 0 Å². The van der Waals surface area contributed by atoms with Crippen molar-refractivity contribution in [3.63, 3.8) is 0 Å². The highest BCUT2D eigenvalue weighted by molar-refractivity contribution is 6.08. The van der Waals surface area contributed by atoms with Crippen molar-refractivity contribution >= 4 is 23.0 Å². The zero-order valence-electron chi connectivity index (χ0n) is 12.4. The molecule has 110 valence electrons. The van der Waals surface area contributed by atoms with Gasteiger partial charge in [0.25, 0.3) is 5.91 Å². The number of para-hydroxylation sites is 1. The number of rotatable bonds is 4. The predicted molar refractivity (Wildman–Crippen MR) is 86.1 cm³/mol. The Morgan fingerprint density at radius 2 is 1.81 bits per heavy atom. The average molecular weight is 285 g/mol. The van der Waals surface area contributed by atoms with Gasteiger partial charge in [0.05, 0.1) is 18.4 Å². The largest absolute Gasteiger partial charge is 0.495 e. The molecular weight excluding hydrogens is 266 g/mol. The quantitative estimate of drug-likeness (QED) is 0.847. The molecule has 0 unspecified atom stereocenters. The van der Waals surface area contributed by atoms with Gasteiger partial charge in [0.15, 0.2) is 0 Å². The first kappa shape index (κ1) is 14.7. The second-order valence-electron chi connectivity index (χ2n) is 4.82. The number of anilines is 3. The number of carbonyl (C=O) groups excluding carboxylic acids is 1. The lowest BCUT2D eigenvalue weighted by molar-refractivity contribution is 0.102. The highest BCUT2D eigenvalue weighted by atomic mass is 16.5. The Kier molecular flexibility index (Phi) is 4.33. The van der Waals surface area contributed by atoms with Crippen LogP contribution in [0.3, 0.4) is 0 Å². The lowest BCUT2D eigenvalue weighted by Crippen LogP contribution is -2.15. The minimum atomic E-state index is -0.260. The molecule has 5 heteroatoms. The van der Waals surface area contributed by atoms with Gasteiger partial charge in [-0.2, -0.15) is 0 Å². The summed E-state index contributed by atoms with van der Waals surface area (Å²) in [4.78, 5) is 14.3. The van der Waals surface area contributed by atoms with Crippen LogP contribution in [0.1, 0.15) is 10.4 Å². The Hall–Kier alpha value is -2.69. The van der Waals surface area contributed by atoms with Gasteiger partial charge in [0, 0.05) is 25.5 Å². The number of amides is 1. The van der Waals surface area contributed by atoms with Crippen LogP contribution < -0.4 is 20.7 Å². The number of hydrogen-bond donors (Lipinski definition) is 2. The molecule has 2 aromatic carbocycles. The summed E-state index contributed by atoms with van der Waals surface area (Å²) in [6.45, 7) is 0. The Morgan fingerprint density at radius 3 is 2.38 bits per heavy atom. The monoisotopic (exact) mass is 285 g/mol. The lowest BCUT2D eigenvalue weighted by atomic mass is 10.1. The van der Waals surface area contributed by atoms with Crippen LogP contribution in [0.25, 0.3) is 0 Å². The van der Waals surface area contributed by atoms with E-state index in [-0.39, 0.29) is 5.91 Å². The van der Waals surface area contributed by atoms with Crippen LogP contribution in [0.2, 0.25) is 0 Å². The van der Waals surface area contributed by atoms with E-state index in [0.717, 1.165) is 5.69 Å². The van der Waals surface area contributed by atoms with E-state index < -0.39 is 0 Å². The summed E-state index contributed by atoms with van der Waals surface area (Å²) >= 11 is 0. The number of nitrogens with one attached hydrogen (secondary N) is 1. The van der Waals surface area contributed by atoms with Crippen molar-refractivity contribution in [3.8, 4) is 5.75 Å². The van der Waals surface area contributed by atoms with Crippen LogP contribution in [0, 0.1) is 0 Å². The normalized spacial score (nSPS) is 10.0. The third kappa shape index (κ3) is 3.25. The van der Waals surface area contributed by atoms with Gasteiger partial charge >= 0.3 is 0 Å². The Balaban J connectivity index is 2.18. The van der Waals surface area contributed by atoms with Gasteiger partial charge in [-0.05, 0) is 36.4 Å². The van der Waals surface area contributed by atoms with E-state index in [2.05, 4.69) is 5.32 Å². The molecule has 0 radical (unpaired) electrons. The minimum absolute atomic E-state index is 0.260. The van der Waals surface area contributed by atoms with Crippen LogP contribution in [0.15, 0.2) is 42.5 Å². The highest BCUT2D eigenvalue weighted by Gasteiger charge is 2.13. The first-order valence-corrected chi connectivity index (χ1v) is 6.54. The fourth-order valence-corrected chi connectivity index (χ4v) is 1.96. The van der Waals surface area contributed by atoms with Crippen LogP contribution in [0.4, 0.5) is 17.1 Å². The molecule has 0 fully saturated rings. The SMILES string of the molecule is COc1cccc(C(=O)Nc2ccc(N(C)C)cc2)c1N. The van der Waals surface area contributed by atoms with Crippen molar-refractivity contribution in [2.45, 2.75) is 0 Å². The molecule has 21 heavy (non-hydrogen) atoms. The van der Waals surface area contributed by atoms with E-state index in [1.54, 1.807) is 18.2 Å². The number of benzene rings is 2. The zero-order valence-corrected chi connectivity index (χ0v) is 12.4. The fraction of sp³-hybridized carbons (Fsp3) is 0.188. The molecule has 0 heterocycles. The van der Waals surface area contributed by atoms with E-state index in [4.69, 9.17) is 10.5 Å². The van der Waals surface area contributed by atoms with Gasteiger partial charge < -0.3 is 20.7 Å². The standard InChI is InChI=1S/C16H19N3O2/c1-19(2)12-9-7-11(8-10-12)18-16(20)13-5-4-6-14(21-3)15(13)17/h4-10H,17H2,1-3H3,(H,18,20). The van der Waals surface area contributed by atoms with Crippen molar-refractivity contribution in [3.05, 3.63) is 48.0 Å². The first-order chi connectivity index (χ1) is 10.0. The smallest absolute Gasteiger partial charge is 0.257 e. The molecule has 2 rings (SSSR count). The molecule has 5 nitrogen and oxygen atoms in total. The van der Waals surface area contributed by atoms with Crippen LogP contribution in [-0.4, -0.2) is 27.1 Å². The molecule has 3 N–H and O–H groups in total.